The lowest BCUT2D eigenvalue weighted by Crippen LogP contribution is -2.23. The molecular formula is C20H18F3N7O. The number of aromatic nitrogens is 5. The van der Waals surface area contributed by atoms with Gasteiger partial charge in [-0.15, -0.1) is 0 Å². The average molecular weight is 429 g/mol. The quantitative estimate of drug-likeness (QED) is 0.436. The van der Waals surface area contributed by atoms with Crippen LogP contribution < -0.4 is 10.6 Å². The number of rotatable bonds is 6. The van der Waals surface area contributed by atoms with Crippen LogP contribution >= 0.6 is 0 Å². The maximum absolute atomic E-state index is 15.2. The highest BCUT2D eigenvalue weighted by Gasteiger charge is 2.38. The van der Waals surface area contributed by atoms with Crippen LogP contribution in [0.3, 0.4) is 0 Å². The number of hydrogen-bond donors (Lipinski definition) is 3. The van der Waals surface area contributed by atoms with Gasteiger partial charge in [-0.1, -0.05) is 0 Å². The predicted octanol–water partition coefficient (Wildman–Crippen LogP) is 3.42. The zero-order valence-electron chi connectivity index (χ0n) is 16.6. The molecule has 0 bridgehead atoms. The second kappa shape index (κ2) is 7.74. The van der Waals surface area contributed by atoms with Gasteiger partial charge < -0.3 is 10.6 Å². The van der Waals surface area contributed by atoms with E-state index in [1.165, 1.54) is 11.3 Å². The Kier molecular flexibility index (Phi) is 5.09. The summed E-state index contributed by atoms with van der Waals surface area (Å²) >= 11 is 0. The SMILES string of the molecule is CC(=O)NCc1ccc2nc(C(F)(F)c3ccc(F)cc3)nc(Nc3cc(C)[nH]n3)n12. The van der Waals surface area contributed by atoms with E-state index in [9.17, 15) is 9.18 Å². The lowest BCUT2D eigenvalue weighted by atomic mass is 10.1. The number of carbonyl (C=O) groups excluding carboxylic acids is 1. The molecule has 11 heteroatoms. The second-order valence-corrected chi connectivity index (χ2v) is 6.94. The van der Waals surface area contributed by atoms with E-state index in [4.69, 9.17) is 0 Å². The molecule has 4 aromatic rings. The fourth-order valence-electron chi connectivity index (χ4n) is 3.04. The van der Waals surface area contributed by atoms with Crippen molar-refractivity contribution in [3.8, 4) is 0 Å². The lowest BCUT2D eigenvalue weighted by molar-refractivity contribution is -0.119. The van der Waals surface area contributed by atoms with Crippen LogP contribution in [0.4, 0.5) is 24.9 Å². The summed E-state index contributed by atoms with van der Waals surface area (Å²) in [4.78, 5) is 19.4. The summed E-state index contributed by atoms with van der Waals surface area (Å²) < 4.78 is 45.1. The first-order valence-corrected chi connectivity index (χ1v) is 9.30. The van der Waals surface area contributed by atoms with Crippen LogP contribution in [-0.4, -0.2) is 30.5 Å². The molecule has 8 nitrogen and oxygen atoms in total. The number of carbonyl (C=O) groups is 1. The molecule has 160 valence electrons. The normalized spacial score (nSPS) is 11.6. The number of halogens is 3. The highest BCUT2D eigenvalue weighted by atomic mass is 19.3. The number of nitrogens with zero attached hydrogens (tertiary/aromatic N) is 4. The Hall–Kier alpha value is -3.89. The van der Waals surface area contributed by atoms with Crippen molar-refractivity contribution in [2.45, 2.75) is 26.3 Å². The minimum absolute atomic E-state index is 0.0404. The molecule has 0 unspecified atom stereocenters. The van der Waals surface area contributed by atoms with E-state index in [1.807, 2.05) is 0 Å². The molecule has 3 aromatic heterocycles. The van der Waals surface area contributed by atoms with Gasteiger partial charge in [-0.25, -0.2) is 9.37 Å². The van der Waals surface area contributed by atoms with Crippen molar-refractivity contribution in [3.63, 3.8) is 0 Å². The molecule has 0 aliphatic heterocycles. The predicted molar refractivity (Wildman–Crippen MR) is 107 cm³/mol. The van der Waals surface area contributed by atoms with Gasteiger partial charge in [0.25, 0.3) is 0 Å². The monoisotopic (exact) mass is 429 g/mol. The zero-order valence-corrected chi connectivity index (χ0v) is 16.6. The van der Waals surface area contributed by atoms with E-state index in [0.717, 1.165) is 30.0 Å². The van der Waals surface area contributed by atoms with Gasteiger partial charge in [0.15, 0.2) is 5.82 Å². The van der Waals surface area contributed by atoms with Crippen molar-refractivity contribution in [1.29, 1.82) is 0 Å². The largest absolute Gasteiger partial charge is 0.351 e. The third-order valence-corrected chi connectivity index (χ3v) is 4.54. The molecule has 3 N–H and O–H groups in total. The van der Waals surface area contributed by atoms with Crippen molar-refractivity contribution >= 4 is 23.3 Å². The molecule has 0 aliphatic rings. The molecule has 0 aliphatic carbocycles. The van der Waals surface area contributed by atoms with Crippen LogP contribution in [0.1, 0.15) is 29.7 Å². The topological polar surface area (TPSA) is 100 Å². The van der Waals surface area contributed by atoms with Crippen molar-refractivity contribution in [2.75, 3.05) is 5.32 Å². The van der Waals surface area contributed by atoms with E-state index < -0.39 is 23.1 Å². The molecule has 0 saturated heterocycles. The van der Waals surface area contributed by atoms with Crippen LogP contribution in [0, 0.1) is 12.7 Å². The first-order chi connectivity index (χ1) is 14.7. The Morgan fingerprint density at radius 2 is 1.90 bits per heavy atom. The highest BCUT2D eigenvalue weighted by molar-refractivity contribution is 5.72. The molecule has 31 heavy (non-hydrogen) atoms. The Morgan fingerprint density at radius 3 is 2.55 bits per heavy atom. The molecule has 0 radical (unpaired) electrons. The van der Waals surface area contributed by atoms with Crippen molar-refractivity contribution < 1.29 is 18.0 Å². The van der Waals surface area contributed by atoms with E-state index in [1.54, 1.807) is 25.1 Å². The summed E-state index contributed by atoms with van der Waals surface area (Å²) in [6.45, 7) is 3.31. The standard InChI is InChI=1S/C20H18F3N7O/c1-11-9-16(29-28-11)25-19-27-18(20(22,23)13-3-5-14(21)6-4-13)26-17-8-7-15(30(17)19)10-24-12(2)31/h3-9H,10H2,1-2H3,(H,24,31)(H2,25,26,27,28,29). The average Bonchev–Trinajstić information content (AvgIpc) is 3.32. The third-order valence-electron chi connectivity index (χ3n) is 4.54. The molecule has 0 saturated carbocycles. The van der Waals surface area contributed by atoms with Gasteiger partial charge in [-0.05, 0) is 43.3 Å². The summed E-state index contributed by atoms with van der Waals surface area (Å²) in [7, 11) is 0. The first kappa shape index (κ1) is 20.4. The summed E-state index contributed by atoms with van der Waals surface area (Å²) in [5.41, 5.74) is 1.10. The van der Waals surface area contributed by atoms with Gasteiger partial charge in [0.05, 0.1) is 6.54 Å². The van der Waals surface area contributed by atoms with Crippen LogP contribution in [0.25, 0.3) is 5.65 Å². The van der Waals surface area contributed by atoms with E-state index in [2.05, 4.69) is 30.8 Å². The number of fused-ring (bicyclic) bond motifs is 1. The molecule has 4 rings (SSSR count). The number of alkyl halides is 2. The van der Waals surface area contributed by atoms with Crippen molar-refractivity contribution in [3.05, 3.63) is 71.1 Å². The fraction of sp³-hybridized carbons (Fsp3) is 0.200. The van der Waals surface area contributed by atoms with E-state index in [0.29, 0.717) is 11.5 Å². The number of H-pyrrole nitrogens is 1. The van der Waals surface area contributed by atoms with Gasteiger partial charge in [0, 0.05) is 29.9 Å². The summed E-state index contributed by atoms with van der Waals surface area (Å²) in [5, 5.41) is 12.4. The Morgan fingerprint density at radius 1 is 1.16 bits per heavy atom. The number of nitrogens with one attached hydrogen (secondary N) is 3. The van der Waals surface area contributed by atoms with Gasteiger partial charge in [-0.3, -0.25) is 14.3 Å². The molecule has 1 aromatic carbocycles. The molecule has 0 spiro atoms. The van der Waals surface area contributed by atoms with Gasteiger partial charge in [0.2, 0.25) is 17.7 Å². The van der Waals surface area contributed by atoms with Crippen LogP contribution in [0.15, 0.2) is 42.5 Å². The van der Waals surface area contributed by atoms with Gasteiger partial charge in [-0.2, -0.15) is 18.9 Å². The molecule has 3 heterocycles. The third kappa shape index (κ3) is 4.06. The smallest absolute Gasteiger partial charge is 0.331 e. The van der Waals surface area contributed by atoms with Crippen LogP contribution in [0.5, 0.6) is 0 Å². The molecule has 0 atom stereocenters. The maximum atomic E-state index is 15.2. The van der Waals surface area contributed by atoms with E-state index in [-0.39, 0.29) is 24.0 Å². The first-order valence-electron chi connectivity index (χ1n) is 9.30. The number of aromatic amines is 1. The molecular weight excluding hydrogens is 411 g/mol. The van der Waals surface area contributed by atoms with Gasteiger partial charge >= 0.3 is 5.92 Å². The Balaban J connectivity index is 1.83. The summed E-state index contributed by atoms with van der Waals surface area (Å²) in [5.74, 6) is -4.79. The van der Waals surface area contributed by atoms with Crippen molar-refractivity contribution in [2.24, 2.45) is 0 Å². The molecule has 0 fully saturated rings. The Bertz CT molecular complexity index is 1250. The lowest BCUT2D eigenvalue weighted by Gasteiger charge is -2.18. The van der Waals surface area contributed by atoms with E-state index >= 15 is 8.78 Å². The second-order valence-electron chi connectivity index (χ2n) is 6.94. The zero-order chi connectivity index (χ0) is 22.2. The minimum atomic E-state index is -3.57. The fourth-order valence-corrected chi connectivity index (χ4v) is 3.04. The maximum Gasteiger partial charge on any atom is 0.331 e. The van der Waals surface area contributed by atoms with Gasteiger partial charge in [0.1, 0.15) is 11.5 Å². The van der Waals surface area contributed by atoms with Crippen molar-refractivity contribution in [1.82, 2.24) is 29.9 Å². The summed E-state index contributed by atoms with van der Waals surface area (Å²) in [6.07, 6.45) is 0. The number of benzene rings is 1. The molecule has 1 amide bonds. The summed E-state index contributed by atoms with van der Waals surface area (Å²) in [6, 6.07) is 8.78. The number of anilines is 2. The highest BCUT2D eigenvalue weighted by Crippen LogP contribution is 2.35. The van der Waals surface area contributed by atoms with Crippen LogP contribution in [-0.2, 0) is 17.3 Å². The number of aryl methyl sites for hydroxylation is 1. The van der Waals surface area contributed by atoms with Crippen LogP contribution in [0.2, 0.25) is 0 Å². The minimum Gasteiger partial charge on any atom is -0.351 e. The number of hydrogen-bond acceptors (Lipinski definition) is 5. The number of amides is 1. The Labute approximate surface area is 174 Å².